The van der Waals surface area contributed by atoms with Crippen LogP contribution >= 0.6 is 0 Å². The predicted octanol–water partition coefficient (Wildman–Crippen LogP) is 2.24. The van der Waals surface area contributed by atoms with Gasteiger partial charge in [-0.3, -0.25) is 0 Å². The number of ether oxygens (including phenoxy) is 1. The molecule has 0 spiro atoms. The molecule has 1 aliphatic heterocycles. The zero-order chi connectivity index (χ0) is 12.8. The Labute approximate surface area is 110 Å². The highest BCUT2D eigenvalue weighted by Crippen LogP contribution is 2.24. The number of fused-ring (bicyclic) bond motifs is 1. The van der Waals surface area contributed by atoms with Gasteiger partial charge < -0.3 is 15.0 Å². The molecule has 1 heterocycles. The maximum Gasteiger partial charge on any atom is 0.0593 e. The molecule has 0 bridgehead atoms. The molecule has 2 rings (SSSR count). The van der Waals surface area contributed by atoms with Crippen LogP contribution in [0, 0.1) is 5.92 Å². The van der Waals surface area contributed by atoms with E-state index in [0.29, 0.717) is 5.92 Å². The van der Waals surface area contributed by atoms with Gasteiger partial charge in [0.05, 0.1) is 6.61 Å². The number of rotatable bonds is 6. The molecule has 0 fully saturated rings. The van der Waals surface area contributed by atoms with Crippen molar-refractivity contribution in [2.24, 2.45) is 5.92 Å². The van der Waals surface area contributed by atoms with Crippen LogP contribution in [0.15, 0.2) is 24.3 Å². The molecular formula is C15H24N2O. The molecule has 3 heteroatoms. The predicted molar refractivity (Wildman–Crippen MR) is 76.1 cm³/mol. The van der Waals surface area contributed by atoms with Crippen LogP contribution in [0.4, 0.5) is 5.69 Å². The number of hydrogen-bond acceptors (Lipinski definition) is 3. The molecule has 18 heavy (non-hydrogen) atoms. The maximum atomic E-state index is 5.39. The van der Waals surface area contributed by atoms with Crippen LogP contribution in [0.3, 0.4) is 0 Å². The van der Waals surface area contributed by atoms with Crippen molar-refractivity contribution in [3.63, 3.8) is 0 Å². The van der Waals surface area contributed by atoms with Gasteiger partial charge in [0.1, 0.15) is 0 Å². The van der Waals surface area contributed by atoms with Crippen molar-refractivity contribution in [3.8, 4) is 0 Å². The highest BCUT2D eigenvalue weighted by molar-refractivity contribution is 5.53. The van der Waals surface area contributed by atoms with Crippen molar-refractivity contribution in [3.05, 3.63) is 29.8 Å². The molecule has 0 amide bonds. The van der Waals surface area contributed by atoms with Gasteiger partial charge in [0, 0.05) is 31.9 Å². The largest absolute Gasteiger partial charge is 0.384 e. The van der Waals surface area contributed by atoms with Crippen molar-refractivity contribution in [1.82, 2.24) is 4.90 Å². The summed E-state index contributed by atoms with van der Waals surface area (Å²) in [6, 6.07) is 8.63. The lowest BCUT2D eigenvalue weighted by Gasteiger charge is -2.29. The Morgan fingerprint density at radius 1 is 1.39 bits per heavy atom. The molecule has 1 aromatic carbocycles. The summed E-state index contributed by atoms with van der Waals surface area (Å²) in [6.45, 7) is 6.92. The van der Waals surface area contributed by atoms with E-state index in [9.17, 15) is 0 Å². The molecule has 0 aliphatic carbocycles. The van der Waals surface area contributed by atoms with Gasteiger partial charge in [-0.2, -0.15) is 0 Å². The van der Waals surface area contributed by atoms with E-state index in [1.165, 1.54) is 17.7 Å². The van der Waals surface area contributed by atoms with Gasteiger partial charge in [0.25, 0.3) is 0 Å². The first kappa shape index (κ1) is 13.4. The minimum Gasteiger partial charge on any atom is -0.384 e. The monoisotopic (exact) mass is 248 g/mol. The van der Waals surface area contributed by atoms with Gasteiger partial charge in [0.15, 0.2) is 0 Å². The van der Waals surface area contributed by atoms with E-state index >= 15 is 0 Å². The van der Waals surface area contributed by atoms with Gasteiger partial charge in [-0.15, -0.1) is 0 Å². The molecule has 0 aromatic heterocycles. The van der Waals surface area contributed by atoms with Crippen molar-refractivity contribution < 1.29 is 4.74 Å². The topological polar surface area (TPSA) is 24.5 Å². The second kappa shape index (κ2) is 6.76. The first-order chi connectivity index (χ1) is 8.79. The van der Waals surface area contributed by atoms with Crippen molar-refractivity contribution in [2.75, 3.05) is 45.2 Å². The van der Waals surface area contributed by atoms with Gasteiger partial charge in [0.2, 0.25) is 0 Å². The third-order valence-corrected chi connectivity index (χ3v) is 3.50. The SMILES string of the molecule is CCOCCN(C)CC1CNc2ccccc2C1. The van der Waals surface area contributed by atoms with Crippen LogP contribution in [0.1, 0.15) is 12.5 Å². The third-order valence-electron chi connectivity index (χ3n) is 3.50. The molecule has 0 saturated carbocycles. The van der Waals surface area contributed by atoms with E-state index < -0.39 is 0 Å². The molecule has 1 aromatic rings. The summed E-state index contributed by atoms with van der Waals surface area (Å²) in [5.74, 6) is 0.700. The smallest absolute Gasteiger partial charge is 0.0593 e. The number of likely N-dealkylation sites (N-methyl/N-ethyl adjacent to an activating group) is 1. The maximum absolute atomic E-state index is 5.39. The fourth-order valence-corrected chi connectivity index (χ4v) is 2.53. The van der Waals surface area contributed by atoms with E-state index in [4.69, 9.17) is 4.74 Å². The van der Waals surface area contributed by atoms with E-state index in [1.807, 2.05) is 6.92 Å². The summed E-state index contributed by atoms with van der Waals surface area (Å²) in [6.07, 6.45) is 1.18. The van der Waals surface area contributed by atoms with Crippen LogP contribution in [0.2, 0.25) is 0 Å². The van der Waals surface area contributed by atoms with Crippen LogP contribution in [0.25, 0.3) is 0 Å². The summed E-state index contributed by atoms with van der Waals surface area (Å²) in [4.78, 5) is 2.37. The second-order valence-corrected chi connectivity index (χ2v) is 5.07. The lowest BCUT2D eigenvalue weighted by molar-refractivity contribution is 0.117. The van der Waals surface area contributed by atoms with E-state index in [2.05, 4.69) is 41.5 Å². The Hall–Kier alpha value is -1.06. The van der Waals surface area contributed by atoms with Gasteiger partial charge >= 0.3 is 0 Å². The summed E-state index contributed by atoms with van der Waals surface area (Å²) < 4.78 is 5.39. The number of nitrogens with one attached hydrogen (secondary N) is 1. The highest BCUT2D eigenvalue weighted by atomic mass is 16.5. The Morgan fingerprint density at radius 3 is 3.06 bits per heavy atom. The van der Waals surface area contributed by atoms with Crippen LogP contribution in [0.5, 0.6) is 0 Å². The summed E-state index contributed by atoms with van der Waals surface area (Å²) >= 11 is 0. The number of anilines is 1. The molecule has 3 nitrogen and oxygen atoms in total. The molecule has 0 saturated heterocycles. The minimum absolute atomic E-state index is 0.700. The normalized spacial score (nSPS) is 18.5. The number of nitrogens with zero attached hydrogens (tertiary/aromatic N) is 1. The Bertz CT molecular complexity index is 367. The first-order valence-corrected chi connectivity index (χ1v) is 6.87. The standard InChI is InChI=1S/C15H24N2O/c1-3-18-9-8-17(2)12-13-10-14-6-4-5-7-15(14)16-11-13/h4-7,13,16H,3,8-12H2,1-2H3. The number of benzene rings is 1. The van der Waals surface area contributed by atoms with Crippen LogP contribution in [-0.2, 0) is 11.2 Å². The minimum atomic E-state index is 0.700. The van der Waals surface area contributed by atoms with Crippen molar-refractivity contribution >= 4 is 5.69 Å². The average molecular weight is 248 g/mol. The molecular weight excluding hydrogens is 224 g/mol. The second-order valence-electron chi connectivity index (χ2n) is 5.07. The fraction of sp³-hybridized carbons (Fsp3) is 0.600. The molecule has 0 radical (unpaired) electrons. The molecule has 100 valence electrons. The van der Waals surface area contributed by atoms with E-state index in [-0.39, 0.29) is 0 Å². The van der Waals surface area contributed by atoms with Gasteiger partial charge in [-0.25, -0.2) is 0 Å². The molecule has 1 N–H and O–H groups in total. The van der Waals surface area contributed by atoms with Gasteiger partial charge in [-0.1, -0.05) is 18.2 Å². The zero-order valence-electron chi connectivity index (χ0n) is 11.5. The Balaban J connectivity index is 1.79. The molecule has 1 atom stereocenters. The van der Waals surface area contributed by atoms with Crippen LogP contribution < -0.4 is 5.32 Å². The first-order valence-electron chi connectivity index (χ1n) is 6.87. The Morgan fingerprint density at radius 2 is 2.22 bits per heavy atom. The fourth-order valence-electron chi connectivity index (χ4n) is 2.53. The highest BCUT2D eigenvalue weighted by Gasteiger charge is 2.18. The third kappa shape index (κ3) is 3.72. The summed E-state index contributed by atoms with van der Waals surface area (Å²) in [5, 5.41) is 3.53. The summed E-state index contributed by atoms with van der Waals surface area (Å²) in [5.41, 5.74) is 2.76. The lowest BCUT2D eigenvalue weighted by Crippen LogP contribution is -2.35. The average Bonchev–Trinajstić information content (AvgIpc) is 2.39. The van der Waals surface area contributed by atoms with Crippen molar-refractivity contribution in [2.45, 2.75) is 13.3 Å². The molecule has 1 unspecified atom stereocenters. The summed E-state index contributed by atoms with van der Waals surface area (Å²) in [7, 11) is 2.18. The quantitative estimate of drug-likeness (QED) is 0.781. The number of para-hydroxylation sites is 1. The van der Waals surface area contributed by atoms with Gasteiger partial charge in [-0.05, 0) is 37.9 Å². The van der Waals surface area contributed by atoms with E-state index in [1.54, 1.807) is 0 Å². The Kier molecular flexibility index (Phi) is 5.02. The van der Waals surface area contributed by atoms with E-state index in [0.717, 1.165) is 32.8 Å². The zero-order valence-corrected chi connectivity index (χ0v) is 11.5. The van der Waals surface area contributed by atoms with Crippen molar-refractivity contribution in [1.29, 1.82) is 0 Å². The van der Waals surface area contributed by atoms with Crippen LogP contribution in [-0.4, -0.2) is 44.8 Å². The number of hydrogen-bond donors (Lipinski definition) is 1. The molecule has 1 aliphatic rings. The lowest BCUT2D eigenvalue weighted by atomic mass is 9.93.